The summed E-state index contributed by atoms with van der Waals surface area (Å²) in [6.45, 7) is 1.26. The molecule has 4 heteroatoms. The van der Waals surface area contributed by atoms with Crippen molar-refractivity contribution in [2.75, 3.05) is 18.9 Å². The van der Waals surface area contributed by atoms with Crippen LogP contribution < -0.4 is 5.73 Å². The van der Waals surface area contributed by atoms with Gasteiger partial charge in [-0.2, -0.15) is 11.8 Å². The maximum Gasteiger partial charge on any atom is 0.169 e. The summed E-state index contributed by atoms with van der Waals surface area (Å²) in [7, 11) is 0. The van der Waals surface area contributed by atoms with Crippen molar-refractivity contribution in [2.24, 2.45) is 5.73 Å². The SMILES string of the molecule is NCC1COC(C2CCCCS2)O1. The molecule has 0 aromatic heterocycles. The van der Waals surface area contributed by atoms with Crippen molar-refractivity contribution >= 4 is 11.8 Å². The molecule has 0 aliphatic carbocycles. The summed E-state index contributed by atoms with van der Waals surface area (Å²) in [5.41, 5.74) is 5.51. The Balaban J connectivity index is 1.80. The van der Waals surface area contributed by atoms with Gasteiger partial charge in [0.25, 0.3) is 0 Å². The van der Waals surface area contributed by atoms with E-state index in [0.29, 0.717) is 18.4 Å². The maximum absolute atomic E-state index is 5.68. The third kappa shape index (κ3) is 2.37. The van der Waals surface area contributed by atoms with Gasteiger partial charge in [0.2, 0.25) is 0 Å². The predicted molar refractivity (Wildman–Crippen MR) is 53.8 cm³/mol. The van der Waals surface area contributed by atoms with E-state index < -0.39 is 0 Å². The van der Waals surface area contributed by atoms with Gasteiger partial charge in [0.05, 0.1) is 18.0 Å². The van der Waals surface area contributed by atoms with Crippen LogP contribution in [0.15, 0.2) is 0 Å². The fraction of sp³-hybridized carbons (Fsp3) is 1.00. The van der Waals surface area contributed by atoms with Crippen LogP contribution in [-0.4, -0.2) is 36.5 Å². The van der Waals surface area contributed by atoms with E-state index in [2.05, 4.69) is 0 Å². The lowest BCUT2D eigenvalue weighted by atomic mass is 10.2. The molecular formula is C9H17NO2S. The van der Waals surface area contributed by atoms with Crippen molar-refractivity contribution in [3.8, 4) is 0 Å². The van der Waals surface area contributed by atoms with Gasteiger partial charge >= 0.3 is 0 Å². The molecule has 2 saturated heterocycles. The third-order valence-corrected chi connectivity index (χ3v) is 3.96. The summed E-state index contributed by atoms with van der Waals surface area (Å²) in [6.07, 6.45) is 4.03. The zero-order valence-electron chi connectivity index (χ0n) is 7.78. The largest absolute Gasteiger partial charge is 0.349 e. The minimum absolute atomic E-state index is 0.0128. The highest BCUT2D eigenvalue weighted by Crippen LogP contribution is 2.31. The van der Waals surface area contributed by atoms with Crippen LogP contribution in [0.25, 0.3) is 0 Å². The van der Waals surface area contributed by atoms with E-state index in [1.807, 2.05) is 11.8 Å². The van der Waals surface area contributed by atoms with Gasteiger partial charge in [-0.15, -0.1) is 0 Å². The average molecular weight is 203 g/mol. The Labute approximate surface area is 83.3 Å². The Morgan fingerprint density at radius 2 is 2.31 bits per heavy atom. The van der Waals surface area contributed by atoms with E-state index in [4.69, 9.17) is 15.2 Å². The fourth-order valence-corrected chi connectivity index (χ4v) is 3.08. The molecule has 13 heavy (non-hydrogen) atoms. The monoisotopic (exact) mass is 203 g/mol. The molecule has 2 heterocycles. The summed E-state index contributed by atoms with van der Waals surface area (Å²) in [6, 6.07) is 0. The average Bonchev–Trinajstić information content (AvgIpc) is 2.67. The molecule has 0 saturated carbocycles. The molecule has 2 rings (SSSR count). The van der Waals surface area contributed by atoms with Gasteiger partial charge in [0, 0.05) is 6.54 Å². The van der Waals surface area contributed by atoms with E-state index >= 15 is 0 Å². The smallest absolute Gasteiger partial charge is 0.169 e. The number of hydrogen-bond donors (Lipinski definition) is 1. The number of rotatable bonds is 2. The number of hydrogen-bond acceptors (Lipinski definition) is 4. The van der Waals surface area contributed by atoms with Crippen LogP contribution in [0.4, 0.5) is 0 Å². The second kappa shape index (κ2) is 4.64. The number of nitrogens with two attached hydrogens (primary N) is 1. The van der Waals surface area contributed by atoms with E-state index in [1.165, 1.54) is 25.0 Å². The molecule has 76 valence electrons. The van der Waals surface area contributed by atoms with Crippen molar-refractivity contribution in [3.63, 3.8) is 0 Å². The van der Waals surface area contributed by atoms with Crippen LogP contribution >= 0.6 is 11.8 Å². The van der Waals surface area contributed by atoms with Crippen molar-refractivity contribution in [3.05, 3.63) is 0 Å². The van der Waals surface area contributed by atoms with Crippen molar-refractivity contribution in [1.82, 2.24) is 0 Å². The summed E-state index contributed by atoms with van der Waals surface area (Å²) < 4.78 is 11.3. The molecule has 2 aliphatic heterocycles. The molecule has 0 radical (unpaired) electrons. The molecule has 0 bridgehead atoms. The van der Waals surface area contributed by atoms with Gasteiger partial charge in [-0.25, -0.2) is 0 Å². The highest BCUT2D eigenvalue weighted by Gasteiger charge is 2.32. The lowest BCUT2D eigenvalue weighted by Gasteiger charge is -2.25. The Bertz CT molecular complexity index is 162. The van der Waals surface area contributed by atoms with Crippen LogP contribution in [0.2, 0.25) is 0 Å². The lowest BCUT2D eigenvalue weighted by molar-refractivity contribution is -0.0575. The van der Waals surface area contributed by atoms with Gasteiger partial charge in [-0.3, -0.25) is 0 Å². The van der Waals surface area contributed by atoms with Crippen LogP contribution in [0.5, 0.6) is 0 Å². The van der Waals surface area contributed by atoms with E-state index in [9.17, 15) is 0 Å². The second-order valence-electron chi connectivity index (χ2n) is 3.60. The molecule has 0 aromatic rings. The molecule has 0 spiro atoms. The van der Waals surface area contributed by atoms with Crippen LogP contribution in [0.3, 0.4) is 0 Å². The first-order valence-electron chi connectivity index (χ1n) is 4.99. The lowest BCUT2D eigenvalue weighted by Crippen LogP contribution is -2.29. The molecule has 2 fully saturated rings. The van der Waals surface area contributed by atoms with E-state index in [1.54, 1.807) is 0 Å². The van der Waals surface area contributed by atoms with E-state index in [-0.39, 0.29) is 12.4 Å². The summed E-state index contributed by atoms with van der Waals surface area (Å²) in [5.74, 6) is 1.25. The van der Waals surface area contributed by atoms with Crippen LogP contribution in [-0.2, 0) is 9.47 Å². The molecule has 0 amide bonds. The summed E-state index contributed by atoms with van der Waals surface area (Å²) in [4.78, 5) is 0. The van der Waals surface area contributed by atoms with Crippen LogP contribution in [0.1, 0.15) is 19.3 Å². The molecule has 0 aromatic carbocycles. The van der Waals surface area contributed by atoms with Gasteiger partial charge in [-0.05, 0) is 18.6 Å². The zero-order valence-corrected chi connectivity index (χ0v) is 8.59. The quantitative estimate of drug-likeness (QED) is 0.726. The molecule has 3 atom stereocenters. The van der Waals surface area contributed by atoms with Crippen LogP contribution in [0, 0.1) is 0 Å². The number of thioether (sulfide) groups is 1. The predicted octanol–water partition coefficient (Wildman–Crippen LogP) is 0.972. The highest BCUT2D eigenvalue weighted by atomic mass is 32.2. The fourth-order valence-electron chi connectivity index (χ4n) is 1.77. The standard InChI is InChI=1S/C9H17NO2S/c10-5-7-6-11-9(12-7)8-3-1-2-4-13-8/h7-9H,1-6,10H2. The van der Waals surface area contributed by atoms with E-state index in [0.717, 1.165) is 0 Å². The van der Waals surface area contributed by atoms with Crippen molar-refractivity contribution < 1.29 is 9.47 Å². The van der Waals surface area contributed by atoms with Gasteiger partial charge in [0.15, 0.2) is 6.29 Å². The number of ether oxygens (including phenoxy) is 2. The normalized spacial score (nSPS) is 40.8. The Hall–Kier alpha value is 0.230. The first-order chi connectivity index (χ1) is 6.40. The van der Waals surface area contributed by atoms with Gasteiger partial charge in [0.1, 0.15) is 0 Å². The topological polar surface area (TPSA) is 44.5 Å². The summed E-state index contributed by atoms with van der Waals surface area (Å²) >= 11 is 1.98. The minimum atomic E-state index is 0.0128. The first-order valence-corrected chi connectivity index (χ1v) is 6.04. The molecule has 2 N–H and O–H groups in total. The summed E-state index contributed by atoms with van der Waals surface area (Å²) in [5, 5.41) is 0.547. The second-order valence-corrected chi connectivity index (χ2v) is 4.95. The van der Waals surface area contributed by atoms with Crippen molar-refractivity contribution in [1.29, 1.82) is 0 Å². The van der Waals surface area contributed by atoms with Gasteiger partial charge in [-0.1, -0.05) is 6.42 Å². The Morgan fingerprint density at radius 1 is 1.38 bits per heavy atom. The van der Waals surface area contributed by atoms with Crippen molar-refractivity contribution in [2.45, 2.75) is 36.9 Å². The first kappa shape index (κ1) is 9.77. The maximum atomic E-state index is 5.68. The Kier molecular flexibility index (Phi) is 3.49. The minimum Gasteiger partial charge on any atom is -0.349 e. The Morgan fingerprint density at radius 3 is 2.92 bits per heavy atom. The molecular weight excluding hydrogens is 186 g/mol. The molecule has 3 unspecified atom stereocenters. The zero-order chi connectivity index (χ0) is 9.10. The van der Waals surface area contributed by atoms with Gasteiger partial charge < -0.3 is 15.2 Å². The molecule has 2 aliphatic rings. The third-order valence-electron chi connectivity index (χ3n) is 2.55. The molecule has 3 nitrogen and oxygen atoms in total. The highest BCUT2D eigenvalue weighted by molar-refractivity contribution is 8.00.